The minimum absolute atomic E-state index is 0.0766. The van der Waals surface area contributed by atoms with Crippen LogP contribution in [0.2, 0.25) is 0 Å². The van der Waals surface area contributed by atoms with E-state index in [1.54, 1.807) is 12.1 Å². The van der Waals surface area contributed by atoms with E-state index in [9.17, 15) is 22.4 Å². The van der Waals surface area contributed by atoms with E-state index in [1.165, 1.54) is 12.5 Å². The van der Waals surface area contributed by atoms with Crippen molar-refractivity contribution in [3.05, 3.63) is 29.6 Å². The molecule has 1 aromatic rings. The molecule has 3 aliphatic rings. The summed E-state index contributed by atoms with van der Waals surface area (Å²) in [5, 5.41) is 2.30. The molecule has 6 nitrogen and oxygen atoms in total. The summed E-state index contributed by atoms with van der Waals surface area (Å²) in [5.41, 5.74) is 0.423. The van der Waals surface area contributed by atoms with Crippen LogP contribution in [-0.4, -0.2) is 38.3 Å². The van der Waals surface area contributed by atoms with Crippen LogP contribution in [0.4, 0.5) is 4.39 Å². The van der Waals surface area contributed by atoms with E-state index in [1.807, 2.05) is 0 Å². The van der Waals surface area contributed by atoms with Crippen LogP contribution in [-0.2, 0) is 24.8 Å². The SMILES string of the molecule is O=C1CC(CCCCCS(=O)(=O)CC2(c3ccc(F)c(OCC4CCC4)c3)CC2)C(=O)N1. The highest BCUT2D eigenvalue weighted by Crippen LogP contribution is 2.50. The molecule has 0 radical (unpaired) electrons. The standard InChI is InChI=1S/C24H32FNO5S/c25-20-9-8-19(14-21(20)31-15-17-5-4-6-17)24(10-11-24)16-32(29,30)12-3-1-2-7-18-13-22(27)26-23(18)28/h8-9,14,17-18H,1-7,10-13,15-16H2,(H,26,27,28). The lowest BCUT2D eigenvalue weighted by Gasteiger charge is -2.25. The number of sulfone groups is 1. The molecule has 1 unspecified atom stereocenters. The normalized spacial score (nSPS) is 22.5. The molecular formula is C24H32FNO5S. The first-order valence-electron chi connectivity index (χ1n) is 11.7. The Balaban J connectivity index is 1.26. The zero-order chi connectivity index (χ0) is 22.8. The Morgan fingerprint density at radius 1 is 1.12 bits per heavy atom. The molecule has 4 rings (SSSR count). The first-order chi connectivity index (χ1) is 15.3. The largest absolute Gasteiger partial charge is 0.490 e. The van der Waals surface area contributed by atoms with Crippen molar-refractivity contribution < 1.29 is 27.1 Å². The molecule has 1 saturated heterocycles. The lowest BCUT2D eigenvalue weighted by atomic mass is 9.86. The summed E-state index contributed by atoms with van der Waals surface area (Å²) in [6, 6.07) is 4.79. The lowest BCUT2D eigenvalue weighted by Crippen LogP contribution is -2.24. The van der Waals surface area contributed by atoms with Gasteiger partial charge in [-0.2, -0.15) is 0 Å². The second-order valence-corrected chi connectivity index (χ2v) is 12.0. The van der Waals surface area contributed by atoms with Gasteiger partial charge in [-0.3, -0.25) is 14.9 Å². The summed E-state index contributed by atoms with van der Waals surface area (Å²) in [7, 11) is -3.26. The van der Waals surface area contributed by atoms with E-state index in [2.05, 4.69) is 5.32 Å². The van der Waals surface area contributed by atoms with Gasteiger partial charge in [-0.15, -0.1) is 0 Å². The van der Waals surface area contributed by atoms with Crippen LogP contribution in [0.1, 0.15) is 69.8 Å². The Hall–Kier alpha value is -1.96. The number of nitrogens with one attached hydrogen (secondary N) is 1. The second kappa shape index (κ2) is 9.49. The number of benzene rings is 1. The first kappa shape index (κ1) is 23.2. The highest BCUT2D eigenvalue weighted by Gasteiger charge is 2.47. The van der Waals surface area contributed by atoms with Crippen molar-refractivity contribution in [2.75, 3.05) is 18.1 Å². The van der Waals surface area contributed by atoms with Crippen LogP contribution in [0, 0.1) is 17.7 Å². The van der Waals surface area contributed by atoms with Crippen molar-refractivity contribution in [2.45, 2.75) is 69.6 Å². The quantitative estimate of drug-likeness (QED) is 0.376. The molecule has 1 heterocycles. The molecule has 176 valence electrons. The van der Waals surface area contributed by atoms with Crippen molar-refractivity contribution in [2.24, 2.45) is 11.8 Å². The van der Waals surface area contributed by atoms with Gasteiger partial charge in [0, 0.05) is 17.8 Å². The molecule has 2 amide bonds. The van der Waals surface area contributed by atoms with E-state index in [0.717, 1.165) is 37.7 Å². The number of hydrogen-bond acceptors (Lipinski definition) is 5. The van der Waals surface area contributed by atoms with E-state index in [4.69, 9.17) is 4.74 Å². The maximum atomic E-state index is 14.2. The van der Waals surface area contributed by atoms with Gasteiger partial charge in [-0.05, 0) is 62.1 Å². The third kappa shape index (κ3) is 5.69. The monoisotopic (exact) mass is 465 g/mol. The summed E-state index contributed by atoms with van der Waals surface area (Å²) in [6.07, 6.45) is 7.84. The molecule has 1 aliphatic heterocycles. The number of amides is 2. The molecule has 1 aromatic carbocycles. The first-order valence-corrected chi connectivity index (χ1v) is 13.6. The zero-order valence-corrected chi connectivity index (χ0v) is 19.2. The van der Waals surface area contributed by atoms with Crippen LogP contribution in [0.3, 0.4) is 0 Å². The highest BCUT2D eigenvalue weighted by atomic mass is 32.2. The van der Waals surface area contributed by atoms with Gasteiger partial charge in [0.25, 0.3) is 0 Å². The molecule has 1 atom stereocenters. The van der Waals surface area contributed by atoms with Crippen molar-refractivity contribution in [3.8, 4) is 5.75 Å². The lowest BCUT2D eigenvalue weighted by molar-refractivity contribution is -0.125. The summed E-state index contributed by atoms with van der Waals surface area (Å²) >= 11 is 0. The summed E-state index contributed by atoms with van der Waals surface area (Å²) in [6.45, 7) is 0.516. The number of hydrogen-bond donors (Lipinski definition) is 1. The van der Waals surface area contributed by atoms with Crippen molar-refractivity contribution in [3.63, 3.8) is 0 Å². The van der Waals surface area contributed by atoms with Crippen LogP contribution in [0.25, 0.3) is 0 Å². The minimum atomic E-state index is -3.26. The molecular weight excluding hydrogens is 433 g/mol. The highest BCUT2D eigenvalue weighted by molar-refractivity contribution is 7.91. The average Bonchev–Trinajstić information content (AvgIpc) is 3.38. The van der Waals surface area contributed by atoms with Gasteiger partial charge in [0.2, 0.25) is 11.8 Å². The predicted octanol–water partition coefficient (Wildman–Crippen LogP) is 3.67. The molecule has 0 bridgehead atoms. The summed E-state index contributed by atoms with van der Waals surface area (Å²) in [5.74, 6) is -0.200. The zero-order valence-electron chi connectivity index (χ0n) is 18.4. The van der Waals surface area contributed by atoms with Crippen LogP contribution >= 0.6 is 0 Å². The smallest absolute Gasteiger partial charge is 0.230 e. The van der Waals surface area contributed by atoms with E-state index < -0.39 is 21.1 Å². The van der Waals surface area contributed by atoms with Gasteiger partial charge >= 0.3 is 0 Å². The van der Waals surface area contributed by atoms with Gasteiger partial charge in [-0.25, -0.2) is 12.8 Å². The van der Waals surface area contributed by atoms with Crippen LogP contribution in [0.15, 0.2) is 18.2 Å². The molecule has 2 saturated carbocycles. The molecule has 3 fully saturated rings. The van der Waals surface area contributed by atoms with Crippen molar-refractivity contribution in [1.82, 2.24) is 5.32 Å². The fraction of sp³-hybridized carbons (Fsp3) is 0.667. The van der Waals surface area contributed by atoms with Crippen molar-refractivity contribution >= 4 is 21.7 Å². The molecule has 8 heteroatoms. The van der Waals surface area contributed by atoms with Crippen LogP contribution in [0.5, 0.6) is 5.75 Å². The molecule has 0 aromatic heterocycles. The number of halogens is 1. The average molecular weight is 466 g/mol. The number of rotatable bonds is 12. The Kier molecular flexibility index (Phi) is 6.89. The molecule has 1 N–H and O–H groups in total. The Morgan fingerprint density at radius 2 is 1.91 bits per heavy atom. The Labute approximate surface area is 189 Å². The summed E-state index contributed by atoms with van der Waals surface area (Å²) < 4.78 is 45.5. The number of ether oxygens (including phenoxy) is 1. The van der Waals surface area contributed by atoms with Gasteiger partial charge in [0.15, 0.2) is 21.4 Å². The fourth-order valence-corrected chi connectivity index (χ4v) is 6.79. The topological polar surface area (TPSA) is 89.5 Å². The van der Waals surface area contributed by atoms with Gasteiger partial charge in [0.05, 0.1) is 18.1 Å². The van der Waals surface area contributed by atoms with Crippen molar-refractivity contribution in [1.29, 1.82) is 0 Å². The van der Waals surface area contributed by atoms with Crippen LogP contribution < -0.4 is 10.1 Å². The van der Waals surface area contributed by atoms with E-state index in [-0.39, 0.29) is 41.4 Å². The third-order valence-electron chi connectivity index (χ3n) is 7.17. The molecule has 32 heavy (non-hydrogen) atoms. The van der Waals surface area contributed by atoms with Gasteiger partial charge in [0.1, 0.15) is 0 Å². The van der Waals surface area contributed by atoms with E-state index >= 15 is 0 Å². The number of carbonyl (C=O) groups excluding carboxylic acids is 2. The number of imide groups is 1. The number of carbonyl (C=O) groups is 2. The third-order valence-corrected chi connectivity index (χ3v) is 9.07. The Morgan fingerprint density at radius 3 is 2.53 bits per heavy atom. The fourth-order valence-electron chi connectivity index (χ4n) is 4.70. The molecule has 0 spiro atoms. The number of unbranched alkanes of at least 4 members (excludes halogenated alkanes) is 2. The van der Waals surface area contributed by atoms with Gasteiger partial charge < -0.3 is 4.74 Å². The predicted molar refractivity (Wildman–Crippen MR) is 119 cm³/mol. The molecule has 2 aliphatic carbocycles. The summed E-state index contributed by atoms with van der Waals surface area (Å²) in [4.78, 5) is 22.8. The Bertz CT molecular complexity index is 969. The van der Waals surface area contributed by atoms with E-state index in [0.29, 0.717) is 31.8 Å². The van der Waals surface area contributed by atoms with Gasteiger partial charge in [-0.1, -0.05) is 25.3 Å². The maximum Gasteiger partial charge on any atom is 0.230 e. The maximum absolute atomic E-state index is 14.2. The minimum Gasteiger partial charge on any atom is -0.490 e. The second-order valence-electron chi connectivity index (χ2n) is 9.79.